The second kappa shape index (κ2) is 7.40. The zero-order chi connectivity index (χ0) is 16.1. The molecule has 0 aliphatic heterocycles. The summed E-state index contributed by atoms with van der Waals surface area (Å²) in [5, 5.41) is 9.31. The number of benzene rings is 1. The highest BCUT2D eigenvalue weighted by atomic mass is 16.3. The van der Waals surface area contributed by atoms with Crippen LogP contribution in [0.5, 0.6) is 0 Å². The fourth-order valence-electron chi connectivity index (χ4n) is 2.86. The molecule has 3 rings (SSSR count). The van der Waals surface area contributed by atoms with Gasteiger partial charge in [0.15, 0.2) is 0 Å². The molecule has 4 heteroatoms. The number of fused-ring (bicyclic) bond motifs is 1. The van der Waals surface area contributed by atoms with E-state index in [-0.39, 0.29) is 6.61 Å². The van der Waals surface area contributed by atoms with Crippen LogP contribution in [0, 0.1) is 0 Å². The predicted octanol–water partition coefficient (Wildman–Crippen LogP) is 3.11. The maximum Gasteiger partial charge on any atom is 0.136 e. The fraction of sp³-hybridized carbons (Fsp3) is 0.316. The van der Waals surface area contributed by atoms with Crippen LogP contribution in [0.4, 0.5) is 0 Å². The van der Waals surface area contributed by atoms with Crippen LogP contribution in [0.1, 0.15) is 24.6 Å². The minimum Gasteiger partial charge on any atom is -0.396 e. The van der Waals surface area contributed by atoms with Crippen LogP contribution < -0.4 is 0 Å². The third-order valence-electron chi connectivity index (χ3n) is 4.26. The second-order valence-electron chi connectivity index (χ2n) is 5.93. The summed E-state index contributed by atoms with van der Waals surface area (Å²) in [4.78, 5) is 6.86. The van der Waals surface area contributed by atoms with Crippen molar-refractivity contribution >= 4 is 5.65 Å². The van der Waals surface area contributed by atoms with Crippen LogP contribution in [0.15, 0.2) is 60.9 Å². The smallest absolute Gasteiger partial charge is 0.136 e. The summed E-state index contributed by atoms with van der Waals surface area (Å²) in [6, 6.07) is 16.8. The SMILES string of the molecule is CC(CCO)N(Cc1ccccc1)Cc1cnc2ccccn12. The number of aliphatic hydroxyl groups excluding tert-OH is 1. The van der Waals surface area contributed by atoms with Crippen molar-refractivity contribution in [1.82, 2.24) is 14.3 Å². The third-order valence-corrected chi connectivity index (χ3v) is 4.26. The molecule has 1 unspecified atom stereocenters. The first kappa shape index (κ1) is 15.7. The number of hydrogen-bond donors (Lipinski definition) is 1. The van der Waals surface area contributed by atoms with Gasteiger partial charge in [0.25, 0.3) is 0 Å². The summed E-state index contributed by atoms with van der Waals surface area (Å²) in [5.74, 6) is 0. The highest BCUT2D eigenvalue weighted by Gasteiger charge is 2.16. The monoisotopic (exact) mass is 309 g/mol. The highest BCUT2D eigenvalue weighted by Crippen LogP contribution is 2.16. The van der Waals surface area contributed by atoms with Crippen LogP contribution >= 0.6 is 0 Å². The van der Waals surface area contributed by atoms with Gasteiger partial charge in [0, 0.05) is 31.9 Å². The Morgan fingerprint density at radius 2 is 1.87 bits per heavy atom. The quantitative estimate of drug-likeness (QED) is 0.729. The lowest BCUT2D eigenvalue weighted by atomic mass is 10.1. The van der Waals surface area contributed by atoms with Crippen LogP contribution in [0.25, 0.3) is 5.65 Å². The molecule has 0 bridgehead atoms. The van der Waals surface area contributed by atoms with E-state index in [0.29, 0.717) is 6.04 Å². The molecule has 0 aliphatic carbocycles. The van der Waals surface area contributed by atoms with E-state index in [0.717, 1.165) is 25.2 Å². The van der Waals surface area contributed by atoms with Gasteiger partial charge in [0.1, 0.15) is 5.65 Å². The summed E-state index contributed by atoms with van der Waals surface area (Å²) in [6.07, 6.45) is 4.76. The molecule has 0 spiro atoms. The van der Waals surface area contributed by atoms with Crippen molar-refractivity contribution in [3.05, 3.63) is 72.2 Å². The van der Waals surface area contributed by atoms with E-state index < -0.39 is 0 Å². The molecule has 1 N–H and O–H groups in total. The van der Waals surface area contributed by atoms with E-state index in [4.69, 9.17) is 0 Å². The third kappa shape index (κ3) is 3.78. The van der Waals surface area contributed by atoms with Gasteiger partial charge in [-0.25, -0.2) is 4.98 Å². The van der Waals surface area contributed by atoms with E-state index in [1.165, 1.54) is 11.3 Å². The average Bonchev–Trinajstić information content (AvgIpc) is 2.99. The van der Waals surface area contributed by atoms with E-state index in [1.807, 2.05) is 30.5 Å². The summed E-state index contributed by atoms with van der Waals surface area (Å²) < 4.78 is 2.13. The number of aromatic nitrogens is 2. The van der Waals surface area contributed by atoms with Gasteiger partial charge < -0.3 is 9.51 Å². The first-order valence-electron chi connectivity index (χ1n) is 8.07. The molecule has 0 aliphatic rings. The largest absolute Gasteiger partial charge is 0.396 e. The van der Waals surface area contributed by atoms with Crippen molar-refractivity contribution in [3.8, 4) is 0 Å². The van der Waals surface area contributed by atoms with E-state index in [1.54, 1.807) is 0 Å². The Bertz CT molecular complexity index is 738. The first-order chi connectivity index (χ1) is 11.3. The first-order valence-corrected chi connectivity index (χ1v) is 8.07. The molecule has 0 radical (unpaired) electrons. The Labute approximate surface area is 137 Å². The van der Waals surface area contributed by atoms with Crippen molar-refractivity contribution in [2.75, 3.05) is 6.61 Å². The summed E-state index contributed by atoms with van der Waals surface area (Å²) in [6.45, 7) is 4.05. The molecule has 0 saturated carbocycles. The van der Waals surface area contributed by atoms with Crippen LogP contribution in [0.3, 0.4) is 0 Å². The Balaban J connectivity index is 1.83. The molecule has 0 amide bonds. The van der Waals surface area contributed by atoms with Crippen molar-refractivity contribution in [1.29, 1.82) is 0 Å². The standard InChI is InChI=1S/C19H23N3O/c1-16(10-12-23)21(14-17-7-3-2-4-8-17)15-18-13-20-19-9-5-6-11-22(18)19/h2-9,11,13,16,23H,10,12,14-15H2,1H3. The van der Waals surface area contributed by atoms with Crippen LogP contribution in [0.2, 0.25) is 0 Å². The number of rotatable bonds is 7. The topological polar surface area (TPSA) is 40.8 Å². The van der Waals surface area contributed by atoms with Crippen molar-refractivity contribution < 1.29 is 5.11 Å². The molecule has 4 nitrogen and oxygen atoms in total. The molecule has 1 aromatic carbocycles. The minimum absolute atomic E-state index is 0.208. The minimum atomic E-state index is 0.208. The number of pyridine rings is 1. The molecule has 120 valence electrons. The molecule has 23 heavy (non-hydrogen) atoms. The van der Waals surface area contributed by atoms with Crippen molar-refractivity contribution in [3.63, 3.8) is 0 Å². The lowest BCUT2D eigenvalue weighted by Gasteiger charge is -2.28. The van der Waals surface area contributed by atoms with Gasteiger partial charge in [-0.1, -0.05) is 36.4 Å². The predicted molar refractivity (Wildman–Crippen MR) is 92.0 cm³/mol. The summed E-state index contributed by atoms with van der Waals surface area (Å²) in [7, 11) is 0. The van der Waals surface area contributed by atoms with Gasteiger partial charge in [0.2, 0.25) is 0 Å². The lowest BCUT2D eigenvalue weighted by molar-refractivity contribution is 0.151. The molecule has 0 saturated heterocycles. The Kier molecular flexibility index (Phi) is 5.05. The lowest BCUT2D eigenvalue weighted by Crippen LogP contribution is -2.33. The molecule has 3 aromatic rings. The highest BCUT2D eigenvalue weighted by molar-refractivity contribution is 5.39. The van der Waals surface area contributed by atoms with Gasteiger partial charge in [-0.3, -0.25) is 4.90 Å². The number of hydrogen-bond acceptors (Lipinski definition) is 3. The Morgan fingerprint density at radius 3 is 2.65 bits per heavy atom. The normalized spacial score (nSPS) is 12.8. The van der Waals surface area contributed by atoms with Gasteiger partial charge >= 0.3 is 0 Å². The summed E-state index contributed by atoms with van der Waals surface area (Å²) in [5.41, 5.74) is 3.42. The van der Waals surface area contributed by atoms with E-state index >= 15 is 0 Å². The van der Waals surface area contributed by atoms with Gasteiger partial charge in [-0.15, -0.1) is 0 Å². The van der Waals surface area contributed by atoms with Gasteiger partial charge in [0.05, 0.1) is 11.9 Å². The second-order valence-corrected chi connectivity index (χ2v) is 5.93. The molecule has 2 heterocycles. The molecular formula is C19H23N3O. The number of imidazole rings is 1. The molecule has 1 atom stereocenters. The summed E-state index contributed by atoms with van der Waals surface area (Å²) >= 11 is 0. The van der Waals surface area contributed by atoms with Gasteiger partial charge in [-0.05, 0) is 31.0 Å². The zero-order valence-electron chi connectivity index (χ0n) is 13.5. The van der Waals surface area contributed by atoms with E-state index in [2.05, 4.69) is 51.7 Å². The maximum absolute atomic E-state index is 9.31. The zero-order valence-corrected chi connectivity index (χ0v) is 13.5. The maximum atomic E-state index is 9.31. The number of aliphatic hydroxyl groups is 1. The molecule has 2 aromatic heterocycles. The van der Waals surface area contributed by atoms with Crippen LogP contribution in [-0.2, 0) is 13.1 Å². The molecular weight excluding hydrogens is 286 g/mol. The molecule has 0 fully saturated rings. The van der Waals surface area contributed by atoms with E-state index in [9.17, 15) is 5.11 Å². The van der Waals surface area contributed by atoms with Crippen LogP contribution in [-0.4, -0.2) is 32.0 Å². The number of nitrogens with zero attached hydrogens (tertiary/aromatic N) is 3. The Hall–Kier alpha value is -2.17. The van der Waals surface area contributed by atoms with Crippen molar-refractivity contribution in [2.24, 2.45) is 0 Å². The Morgan fingerprint density at radius 1 is 1.09 bits per heavy atom. The van der Waals surface area contributed by atoms with Gasteiger partial charge in [-0.2, -0.15) is 0 Å². The van der Waals surface area contributed by atoms with Crippen molar-refractivity contribution in [2.45, 2.75) is 32.5 Å². The average molecular weight is 309 g/mol. The fourth-order valence-corrected chi connectivity index (χ4v) is 2.86.